The molecule has 2 atom stereocenters. The van der Waals surface area contributed by atoms with Gasteiger partial charge in [-0.1, -0.05) is 6.07 Å². The first kappa shape index (κ1) is 19.3. The minimum atomic E-state index is -1.00. The van der Waals surface area contributed by atoms with Gasteiger partial charge in [-0.25, -0.2) is 4.79 Å². The Labute approximate surface area is 158 Å². The van der Waals surface area contributed by atoms with Gasteiger partial charge in [0.25, 0.3) is 0 Å². The van der Waals surface area contributed by atoms with E-state index in [1.807, 2.05) is 36.4 Å². The van der Waals surface area contributed by atoms with Crippen molar-refractivity contribution in [3.63, 3.8) is 0 Å². The molecule has 7 nitrogen and oxygen atoms in total. The summed E-state index contributed by atoms with van der Waals surface area (Å²) in [6.45, 7) is 1.83. The Balaban J connectivity index is 1.84. The molecule has 0 amide bonds. The summed E-state index contributed by atoms with van der Waals surface area (Å²) in [7, 11) is 1.68. The van der Waals surface area contributed by atoms with Crippen LogP contribution in [0.3, 0.4) is 0 Å². The number of rotatable bonds is 7. The molecule has 2 aromatic rings. The number of aliphatic carboxylic acids is 1. The largest absolute Gasteiger partial charge is 0.482 e. The fourth-order valence-electron chi connectivity index (χ4n) is 3.31. The average Bonchev–Trinajstić information content (AvgIpc) is 2.69. The van der Waals surface area contributed by atoms with Crippen LogP contribution >= 0.6 is 0 Å². The van der Waals surface area contributed by atoms with Gasteiger partial charge in [0.05, 0.1) is 11.8 Å². The monoisotopic (exact) mass is 371 g/mol. The Morgan fingerprint density at radius 1 is 1.37 bits per heavy atom. The summed E-state index contributed by atoms with van der Waals surface area (Å²) in [6, 6.07) is 11.5. The third-order valence-electron chi connectivity index (χ3n) is 4.76. The number of pyridine rings is 1. The zero-order valence-electron chi connectivity index (χ0n) is 15.4. The summed E-state index contributed by atoms with van der Waals surface area (Å²) < 4.78 is 11.0. The fraction of sp³-hybridized carbons (Fsp3) is 0.400. The number of carboxylic acid groups (broad SMARTS) is 1. The van der Waals surface area contributed by atoms with E-state index in [0.717, 1.165) is 36.3 Å². The van der Waals surface area contributed by atoms with Gasteiger partial charge in [0, 0.05) is 50.1 Å². The summed E-state index contributed by atoms with van der Waals surface area (Å²) in [6.07, 6.45) is 2.59. The van der Waals surface area contributed by atoms with Crippen molar-refractivity contribution >= 4 is 5.97 Å². The number of carboxylic acids is 1. The minimum Gasteiger partial charge on any atom is -0.482 e. The maximum atomic E-state index is 10.9. The molecule has 0 aliphatic carbocycles. The van der Waals surface area contributed by atoms with Crippen molar-refractivity contribution in [3.8, 4) is 17.0 Å². The number of methoxy groups -OCH3 is 1. The number of hydrogen-bond donors (Lipinski definition) is 2. The third kappa shape index (κ3) is 5.03. The summed E-state index contributed by atoms with van der Waals surface area (Å²) in [5.41, 5.74) is 8.85. The molecule has 3 N–H and O–H groups in total. The van der Waals surface area contributed by atoms with Crippen molar-refractivity contribution in [2.45, 2.75) is 25.1 Å². The number of benzene rings is 1. The van der Waals surface area contributed by atoms with Crippen molar-refractivity contribution in [1.29, 1.82) is 0 Å². The van der Waals surface area contributed by atoms with Gasteiger partial charge in [-0.15, -0.1) is 0 Å². The average molecular weight is 371 g/mol. The van der Waals surface area contributed by atoms with Crippen molar-refractivity contribution in [1.82, 2.24) is 9.88 Å². The second-order valence-electron chi connectivity index (χ2n) is 6.68. The molecular formula is C20H25N3O4. The first-order chi connectivity index (χ1) is 13.1. The number of aromatic nitrogens is 1. The highest BCUT2D eigenvalue weighted by atomic mass is 16.5. The number of piperidine rings is 1. The summed E-state index contributed by atoms with van der Waals surface area (Å²) >= 11 is 0. The van der Waals surface area contributed by atoms with E-state index < -0.39 is 5.97 Å². The zero-order chi connectivity index (χ0) is 19.2. The lowest BCUT2D eigenvalue weighted by atomic mass is 10.0. The van der Waals surface area contributed by atoms with Gasteiger partial charge in [-0.2, -0.15) is 0 Å². The van der Waals surface area contributed by atoms with E-state index in [1.165, 1.54) is 0 Å². The van der Waals surface area contributed by atoms with Crippen molar-refractivity contribution in [3.05, 3.63) is 48.2 Å². The molecule has 0 spiro atoms. The number of likely N-dealkylation sites (tertiary alicyclic amines) is 1. The Bertz CT molecular complexity index is 769. The smallest absolute Gasteiger partial charge is 0.341 e. The maximum Gasteiger partial charge on any atom is 0.341 e. The van der Waals surface area contributed by atoms with Crippen LogP contribution in [0.4, 0.5) is 0 Å². The molecule has 3 rings (SSSR count). The van der Waals surface area contributed by atoms with Gasteiger partial charge >= 0.3 is 5.97 Å². The van der Waals surface area contributed by atoms with Gasteiger partial charge in [0.2, 0.25) is 0 Å². The first-order valence-corrected chi connectivity index (χ1v) is 8.96. The number of nitrogens with zero attached hydrogens (tertiary/aromatic N) is 2. The van der Waals surface area contributed by atoms with E-state index >= 15 is 0 Å². The van der Waals surface area contributed by atoms with Crippen LogP contribution in [0.2, 0.25) is 0 Å². The molecule has 0 unspecified atom stereocenters. The summed E-state index contributed by atoms with van der Waals surface area (Å²) in [4.78, 5) is 17.5. The van der Waals surface area contributed by atoms with Crippen LogP contribution in [-0.2, 0) is 16.1 Å². The Hall–Kier alpha value is -2.48. The van der Waals surface area contributed by atoms with Crippen LogP contribution in [-0.4, -0.2) is 59.9 Å². The molecule has 1 fully saturated rings. The number of ether oxygens (including phenoxy) is 2. The first-order valence-electron chi connectivity index (χ1n) is 8.96. The summed E-state index contributed by atoms with van der Waals surface area (Å²) in [5, 5.41) is 8.94. The molecular weight excluding hydrogens is 346 g/mol. The van der Waals surface area contributed by atoms with Crippen LogP contribution in [0.1, 0.15) is 12.0 Å². The third-order valence-corrected chi connectivity index (χ3v) is 4.76. The molecule has 144 valence electrons. The SMILES string of the molecule is CO[C@H]1CN(Cc2cc(-c3ccccn3)ccc2OCC(=O)O)CC[C@H]1N. The lowest BCUT2D eigenvalue weighted by Gasteiger charge is -2.36. The molecule has 2 heterocycles. The van der Waals surface area contributed by atoms with Crippen molar-refractivity contribution < 1.29 is 19.4 Å². The van der Waals surface area contributed by atoms with E-state index in [0.29, 0.717) is 12.3 Å². The zero-order valence-corrected chi connectivity index (χ0v) is 15.4. The Kier molecular flexibility index (Phi) is 6.39. The highest BCUT2D eigenvalue weighted by Crippen LogP contribution is 2.28. The number of carbonyl (C=O) groups is 1. The quantitative estimate of drug-likeness (QED) is 0.765. The van der Waals surface area contributed by atoms with Gasteiger partial charge < -0.3 is 20.3 Å². The second-order valence-corrected chi connectivity index (χ2v) is 6.68. The van der Waals surface area contributed by atoms with Crippen molar-refractivity contribution in [2.75, 3.05) is 26.8 Å². The highest BCUT2D eigenvalue weighted by molar-refractivity contribution is 5.69. The molecule has 7 heteroatoms. The van der Waals surface area contributed by atoms with Gasteiger partial charge in [0.15, 0.2) is 6.61 Å². The van der Waals surface area contributed by atoms with E-state index in [2.05, 4.69) is 9.88 Å². The van der Waals surface area contributed by atoms with E-state index in [-0.39, 0.29) is 18.8 Å². The molecule has 0 radical (unpaired) electrons. The highest BCUT2D eigenvalue weighted by Gasteiger charge is 2.27. The molecule has 1 saturated heterocycles. The molecule has 0 saturated carbocycles. The normalized spacial score (nSPS) is 20.4. The van der Waals surface area contributed by atoms with E-state index in [4.69, 9.17) is 20.3 Å². The molecule has 1 aliphatic rings. The molecule has 0 bridgehead atoms. The number of nitrogens with two attached hydrogens (primary N) is 1. The topological polar surface area (TPSA) is 97.9 Å². The number of hydrogen-bond acceptors (Lipinski definition) is 6. The molecule has 1 aromatic heterocycles. The van der Waals surface area contributed by atoms with Crippen LogP contribution in [0.25, 0.3) is 11.3 Å². The van der Waals surface area contributed by atoms with Crippen molar-refractivity contribution in [2.24, 2.45) is 5.73 Å². The van der Waals surface area contributed by atoms with Gasteiger partial charge in [-0.3, -0.25) is 9.88 Å². The van der Waals surface area contributed by atoms with Gasteiger partial charge in [-0.05, 0) is 36.8 Å². The molecule has 1 aliphatic heterocycles. The minimum absolute atomic E-state index is 0.0129. The van der Waals surface area contributed by atoms with E-state index in [1.54, 1.807) is 13.3 Å². The maximum absolute atomic E-state index is 10.9. The molecule has 27 heavy (non-hydrogen) atoms. The van der Waals surface area contributed by atoms with E-state index in [9.17, 15) is 4.79 Å². The van der Waals surface area contributed by atoms with Crippen LogP contribution in [0.15, 0.2) is 42.6 Å². The summed E-state index contributed by atoms with van der Waals surface area (Å²) in [5.74, 6) is -0.431. The lowest BCUT2D eigenvalue weighted by molar-refractivity contribution is -0.139. The predicted molar refractivity (Wildman–Crippen MR) is 101 cm³/mol. The lowest BCUT2D eigenvalue weighted by Crippen LogP contribution is -2.51. The molecule has 1 aromatic carbocycles. The van der Waals surface area contributed by atoms with Gasteiger partial charge in [0.1, 0.15) is 5.75 Å². The predicted octanol–water partition coefficient (Wildman–Crippen LogP) is 1.76. The fourth-order valence-corrected chi connectivity index (χ4v) is 3.31. The van der Waals surface area contributed by atoms with Crippen LogP contribution in [0, 0.1) is 0 Å². The standard InChI is InChI=1S/C20H25N3O4/c1-26-19-12-23(9-7-16(19)21)11-15-10-14(17-4-2-3-8-22-17)5-6-18(15)27-13-20(24)25/h2-6,8,10,16,19H,7,9,11-13,21H2,1H3,(H,24,25)/t16-,19+/m1/s1. The van der Waals surface area contributed by atoms with Crippen LogP contribution in [0.5, 0.6) is 5.75 Å². The second kappa shape index (κ2) is 8.94. The van der Waals surface area contributed by atoms with Crippen LogP contribution < -0.4 is 10.5 Å². The Morgan fingerprint density at radius 3 is 2.93 bits per heavy atom. The Morgan fingerprint density at radius 2 is 2.22 bits per heavy atom.